The second kappa shape index (κ2) is 11.9. The molecule has 2 atom stereocenters. The first-order valence-electron chi connectivity index (χ1n) is 17.7. The molecule has 10 rings (SSSR count). The van der Waals surface area contributed by atoms with E-state index in [9.17, 15) is 0 Å². The molecule has 2 aliphatic rings. The van der Waals surface area contributed by atoms with Crippen molar-refractivity contribution in [3.05, 3.63) is 176 Å². The molecule has 0 saturated heterocycles. The standard InChI is InChI=1S/C48H33N3/c1-30-16-11-12-23-34(30)47-49-46(33-21-9-4-10-22-33)50-48(51-47)38-28-29-40-43-37(38)26-15-27-39(43)44-41(31-17-5-2-6-18-31)35-24-13-14-25-36(35)42(45(40)44)32-19-7-3-8-20-32/h2-30,34H,1H3. The van der Waals surface area contributed by atoms with Gasteiger partial charge < -0.3 is 0 Å². The minimum Gasteiger partial charge on any atom is -0.212 e. The van der Waals surface area contributed by atoms with Gasteiger partial charge >= 0.3 is 0 Å². The van der Waals surface area contributed by atoms with Crippen LogP contribution in [0.2, 0.25) is 0 Å². The van der Waals surface area contributed by atoms with Gasteiger partial charge in [-0.05, 0) is 78.0 Å². The molecule has 240 valence electrons. The Labute approximate surface area is 297 Å². The molecule has 0 radical (unpaired) electrons. The van der Waals surface area contributed by atoms with E-state index < -0.39 is 0 Å². The molecule has 0 amide bonds. The summed E-state index contributed by atoms with van der Waals surface area (Å²) < 4.78 is 0. The predicted octanol–water partition coefficient (Wildman–Crippen LogP) is 12.3. The summed E-state index contributed by atoms with van der Waals surface area (Å²) in [5, 5.41) is 4.90. The summed E-state index contributed by atoms with van der Waals surface area (Å²) in [4.78, 5) is 15.5. The number of fused-ring (bicyclic) bond motifs is 4. The molecule has 0 bridgehead atoms. The normalized spacial score (nSPS) is 15.8. The van der Waals surface area contributed by atoms with Crippen molar-refractivity contribution >= 4 is 21.5 Å². The molecule has 2 aliphatic carbocycles. The van der Waals surface area contributed by atoms with E-state index in [0.29, 0.717) is 11.6 Å². The Balaban J connectivity index is 1.28. The molecular weight excluding hydrogens is 619 g/mol. The highest BCUT2D eigenvalue weighted by atomic mass is 15.0. The zero-order chi connectivity index (χ0) is 33.9. The zero-order valence-corrected chi connectivity index (χ0v) is 28.2. The quantitative estimate of drug-likeness (QED) is 0.186. The molecule has 0 spiro atoms. The molecule has 7 aromatic carbocycles. The number of aromatic nitrogens is 3. The van der Waals surface area contributed by atoms with Crippen LogP contribution in [0.4, 0.5) is 0 Å². The van der Waals surface area contributed by atoms with Crippen LogP contribution in [0.1, 0.15) is 18.7 Å². The van der Waals surface area contributed by atoms with E-state index in [1.807, 2.05) is 18.2 Å². The van der Waals surface area contributed by atoms with Gasteiger partial charge in [-0.15, -0.1) is 0 Å². The fourth-order valence-corrected chi connectivity index (χ4v) is 8.22. The second-order valence-corrected chi connectivity index (χ2v) is 13.5. The minimum atomic E-state index is 0.0644. The lowest BCUT2D eigenvalue weighted by molar-refractivity contribution is 0.600. The smallest absolute Gasteiger partial charge is 0.164 e. The largest absolute Gasteiger partial charge is 0.212 e. The minimum absolute atomic E-state index is 0.0644. The van der Waals surface area contributed by atoms with E-state index in [4.69, 9.17) is 15.0 Å². The fourth-order valence-electron chi connectivity index (χ4n) is 8.22. The molecule has 1 aromatic heterocycles. The molecule has 0 fully saturated rings. The summed E-state index contributed by atoms with van der Waals surface area (Å²) in [6.07, 6.45) is 8.65. The second-order valence-electron chi connectivity index (χ2n) is 13.5. The maximum absolute atomic E-state index is 5.25. The molecular formula is C48H33N3. The molecule has 0 saturated carbocycles. The van der Waals surface area contributed by atoms with Crippen molar-refractivity contribution < 1.29 is 0 Å². The number of benzene rings is 7. The van der Waals surface area contributed by atoms with Crippen LogP contribution in [-0.4, -0.2) is 15.0 Å². The molecule has 8 aromatic rings. The number of rotatable bonds is 5. The van der Waals surface area contributed by atoms with Crippen LogP contribution in [0.25, 0.3) is 88.8 Å². The first-order valence-corrected chi connectivity index (χ1v) is 17.7. The average Bonchev–Trinajstić information content (AvgIpc) is 3.53. The van der Waals surface area contributed by atoms with Crippen molar-refractivity contribution in [2.24, 2.45) is 5.92 Å². The van der Waals surface area contributed by atoms with Crippen molar-refractivity contribution in [3.63, 3.8) is 0 Å². The lowest BCUT2D eigenvalue weighted by atomic mass is 9.82. The van der Waals surface area contributed by atoms with Gasteiger partial charge in [0.1, 0.15) is 5.82 Å². The highest BCUT2D eigenvalue weighted by Crippen LogP contribution is 2.58. The van der Waals surface area contributed by atoms with Crippen LogP contribution in [0.5, 0.6) is 0 Å². The van der Waals surface area contributed by atoms with E-state index >= 15 is 0 Å². The van der Waals surface area contributed by atoms with Gasteiger partial charge in [0.2, 0.25) is 0 Å². The molecule has 3 heteroatoms. The maximum atomic E-state index is 5.25. The van der Waals surface area contributed by atoms with E-state index in [2.05, 4.69) is 159 Å². The zero-order valence-electron chi connectivity index (χ0n) is 28.2. The third kappa shape index (κ3) is 4.69. The molecule has 0 aliphatic heterocycles. The van der Waals surface area contributed by atoms with E-state index in [1.54, 1.807) is 0 Å². The monoisotopic (exact) mass is 651 g/mol. The SMILES string of the molecule is CC1C=CC=CC1c1nc(-c2ccccc2)nc(-c2ccc3c4c(cccc24)-c2c-3c(-c3ccccc3)c3ccccc3c2-c2ccccc2)n1. The van der Waals surface area contributed by atoms with E-state index in [0.717, 1.165) is 22.3 Å². The number of nitrogens with zero attached hydrogens (tertiary/aromatic N) is 3. The highest BCUT2D eigenvalue weighted by Gasteiger charge is 2.32. The van der Waals surface area contributed by atoms with Crippen molar-refractivity contribution in [2.75, 3.05) is 0 Å². The fraction of sp³-hybridized carbons (Fsp3) is 0.0625. The van der Waals surface area contributed by atoms with E-state index in [-0.39, 0.29) is 11.8 Å². The summed E-state index contributed by atoms with van der Waals surface area (Å²) in [6.45, 7) is 2.23. The molecule has 51 heavy (non-hydrogen) atoms. The topological polar surface area (TPSA) is 38.7 Å². The van der Waals surface area contributed by atoms with Gasteiger partial charge in [-0.3, -0.25) is 0 Å². The molecule has 0 N–H and O–H groups in total. The van der Waals surface area contributed by atoms with Crippen LogP contribution in [-0.2, 0) is 0 Å². The lowest BCUT2D eigenvalue weighted by Crippen LogP contribution is -2.13. The van der Waals surface area contributed by atoms with Crippen LogP contribution < -0.4 is 0 Å². The molecule has 2 unspecified atom stereocenters. The third-order valence-corrected chi connectivity index (χ3v) is 10.6. The van der Waals surface area contributed by atoms with Gasteiger partial charge in [-0.1, -0.05) is 171 Å². The number of hydrogen-bond acceptors (Lipinski definition) is 3. The van der Waals surface area contributed by atoms with Crippen LogP contribution in [0.15, 0.2) is 170 Å². The summed E-state index contributed by atoms with van der Waals surface area (Å²) in [5.74, 6) is 2.53. The van der Waals surface area contributed by atoms with Gasteiger partial charge in [0, 0.05) is 17.0 Å². The summed E-state index contributed by atoms with van der Waals surface area (Å²) in [6, 6.07) is 52.2. The van der Waals surface area contributed by atoms with E-state index in [1.165, 1.54) is 60.7 Å². The summed E-state index contributed by atoms with van der Waals surface area (Å²) in [5.41, 5.74) is 12.0. The van der Waals surface area contributed by atoms with Gasteiger partial charge in [-0.25, -0.2) is 15.0 Å². The van der Waals surface area contributed by atoms with Gasteiger partial charge in [0.15, 0.2) is 11.6 Å². The van der Waals surface area contributed by atoms with Crippen molar-refractivity contribution in [3.8, 4) is 67.3 Å². The Morgan fingerprint density at radius 1 is 0.392 bits per heavy atom. The number of allylic oxidation sites excluding steroid dienone is 4. The first kappa shape index (κ1) is 29.5. The molecule has 1 heterocycles. The third-order valence-electron chi connectivity index (χ3n) is 10.6. The van der Waals surface area contributed by atoms with Crippen LogP contribution in [0.3, 0.4) is 0 Å². The van der Waals surface area contributed by atoms with Crippen molar-refractivity contribution in [1.82, 2.24) is 15.0 Å². The Bertz CT molecular complexity index is 2600. The molecule has 3 nitrogen and oxygen atoms in total. The predicted molar refractivity (Wildman–Crippen MR) is 211 cm³/mol. The lowest BCUT2D eigenvalue weighted by Gasteiger charge is -2.20. The number of hydrogen-bond donors (Lipinski definition) is 0. The highest BCUT2D eigenvalue weighted by molar-refractivity contribution is 6.28. The van der Waals surface area contributed by atoms with Crippen molar-refractivity contribution in [1.29, 1.82) is 0 Å². The Morgan fingerprint density at radius 3 is 1.53 bits per heavy atom. The Hall–Kier alpha value is -6.45. The van der Waals surface area contributed by atoms with Crippen LogP contribution >= 0.6 is 0 Å². The average molecular weight is 652 g/mol. The summed E-state index contributed by atoms with van der Waals surface area (Å²) >= 11 is 0. The van der Waals surface area contributed by atoms with Gasteiger partial charge in [-0.2, -0.15) is 0 Å². The Morgan fingerprint density at radius 2 is 0.902 bits per heavy atom. The van der Waals surface area contributed by atoms with Crippen LogP contribution in [0, 0.1) is 5.92 Å². The van der Waals surface area contributed by atoms with Gasteiger partial charge in [0.25, 0.3) is 0 Å². The Kier molecular flexibility index (Phi) is 6.85. The first-order chi connectivity index (χ1) is 25.2. The maximum Gasteiger partial charge on any atom is 0.164 e. The summed E-state index contributed by atoms with van der Waals surface area (Å²) in [7, 11) is 0. The van der Waals surface area contributed by atoms with Crippen molar-refractivity contribution in [2.45, 2.75) is 12.8 Å². The van der Waals surface area contributed by atoms with Gasteiger partial charge in [0.05, 0.1) is 0 Å².